The lowest BCUT2D eigenvalue weighted by atomic mass is 10.2. The predicted octanol–water partition coefficient (Wildman–Crippen LogP) is 3.29. The summed E-state index contributed by atoms with van der Waals surface area (Å²) in [6, 6.07) is 14.9. The lowest BCUT2D eigenvalue weighted by Gasteiger charge is -2.14. The van der Waals surface area contributed by atoms with E-state index in [1.54, 1.807) is 13.2 Å². The number of anilines is 1. The van der Waals surface area contributed by atoms with Gasteiger partial charge in [0.1, 0.15) is 18.1 Å². The minimum Gasteiger partial charge on any atom is -0.497 e. The van der Waals surface area contributed by atoms with E-state index >= 15 is 0 Å². The number of hydrogen-bond donors (Lipinski definition) is 1. The fourth-order valence-electron chi connectivity index (χ4n) is 2.13. The van der Waals surface area contributed by atoms with E-state index in [1.807, 2.05) is 67.5 Å². The molecule has 0 aromatic heterocycles. The van der Waals surface area contributed by atoms with Gasteiger partial charge < -0.3 is 19.7 Å². The molecular formula is C20H24N2O3. The molecule has 0 aliphatic carbocycles. The highest BCUT2D eigenvalue weighted by Crippen LogP contribution is 2.23. The Labute approximate surface area is 148 Å². The zero-order valence-corrected chi connectivity index (χ0v) is 14.9. The maximum absolute atomic E-state index is 12.2. The van der Waals surface area contributed by atoms with Crippen molar-refractivity contribution in [2.75, 3.05) is 39.7 Å². The molecule has 1 N–H and O–H groups in total. The Morgan fingerprint density at radius 2 is 1.96 bits per heavy atom. The molecule has 5 nitrogen and oxygen atoms in total. The molecule has 2 aromatic rings. The summed E-state index contributed by atoms with van der Waals surface area (Å²) in [6.07, 6.45) is 3.23. The van der Waals surface area contributed by atoms with Crippen LogP contribution in [0, 0.1) is 0 Å². The number of amides is 1. The van der Waals surface area contributed by atoms with Crippen LogP contribution < -0.4 is 14.8 Å². The van der Waals surface area contributed by atoms with E-state index < -0.39 is 0 Å². The fraction of sp³-hybridized carbons (Fsp3) is 0.250. The van der Waals surface area contributed by atoms with Crippen LogP contribution >= 0.6 is 0 Å². The van der Waals surface area contributed by atoms with Crippen LogP contribution in [0.15, 0.2) is 54.6 Å². The van der Waals surface area contributed by atoms with Crippen molar-refractivity contribution in [1.82, 2.24) is 4.90 Å². The van der Waals surface area contributed by atoms with Crippen LogP contribution in [-0.4, -0.2) is 45.2 Å². The van der Waals surface area contributed by atoms with Crippen molar-refractivity contribution in [1.29, 1.82) is 0 Å². The Morgan fingerprint density at radius 3 is 2.72 bits per heavy atom. The molecule has 0 bridgehead atoms. The Hall–Kier alpha value is -2.79. The molecular weight excluding hydrogens is 316 g/mol. The van der Waals surface area contributed by atoms with Crippen molar-refractivity contribution in [2.24, 2.45) is 0 Å². The smallest absolute Gasteiger partial charge is 0.248 e. The molecule has 2 aromatic carbocycles. The highest BCUT2D eigenvalue weighted by Gasteiger charge is 2.05. The zero-order valence-electron chi connectivity index (χ0n) is 14.9. The molecule has 5 heteroatoms. The minimum atomic E-state index is -0.216. The molecule has 25 heavy (non-hydrogen) atoms. The van der Waals surface area contributed by atoms with E-state index in [9.17, 15) is 4.79 Å². The van der Waals surface area contributed by atoms with Crippen molar-refractivity contribution in [2.45, 2.75) is 0 Å². The number of ether oxygens (including phenoxy) is 2. The van der Waals surface area contributed by atoms with Gasteiger partial charge in [0.05, 0.1) is 12.8 Å². The number of rotatable bonds is 8. The van der Waals surface area contributed by atoms with Crippen molar-refractivity contribution in [3.8, 4) is 11.5 Å². The summed E-state index contributed by atoms with van der Waals surface area (Å²) in [7, 11) is 5.59. The molecule has 0 saturated heterocycles. The molecule has 2 rings (SSSR count). The molecule has 0 fully saturated rings. The lowest BCUT2D eigenvalue weighted by Crippen LogP contribution is -2.20. The highest BCUT2D eigenvalue weighted by atomic mass is 16.5. The van der Waals surface area contributed by atoms with Crippen LogP contribution in [0.1, 0.15) is 5.56 Å². The number of para-hydroxylation sites is 2. The van der Waals surface area contributed by atoms with Crippen LogP contribution in [0.4, 0.5) is 5.69 Å². The number of nitrogens with one attached hydrogen (secondary N) is 1. The highest BCUT2D eigenvalue weighted by molar-refractivity contribution is 6.02. The first-order chi connectivity index (χ1) is 12.1. The van der Waals surface area contributed by atoms with Gasteiger partial charge in [0.25, 0.3) is 0 Å². The van der Waals surface area contributed by atoms with Gasteiger partial charge in [-0.25, -0.2) is 0 Å². The molecule has 1 amide bonds. The normalized spacial score (nSPS) is 10.9. The van der Waals surface area contributed by atoms with Crippen molar-refractivity contribution >= 4 is 17.7 Å². The average Bonchev–Trinajstić information content (AvgIpc) is 2.61. The third kappa shape index (κ3) is 6.31. The number of hydrogen-bond acceptors (Lipinski definition) is 4. The molecule has 132 valence electrons. The molecule has 0 aliphatic rings. The standard InChI is InChI=1S/C20H24N2O3/c1-22(2)13-14-25-19-10-5-4-9-18(19)21-20(23)12-11-16-7-6-8-17(15-16)24-3/h4-12,15H,13-14H2,1-3H3,(H,21,23). The molecule has 0 atom stereocenters. The maximum atomic E-state index is 12.2. The first-order valence-electron chi connectivity index (χ1n) is 8.08. The van der Waals surface area contributed by atoms with Crippen LogP contribution in [0.5, 0.6) is 11.5 Å². The number of nitrogens with zero attached hydrogens (tertiary/aromatic N) is 1. The van der Waals surface area contributed by atoms with Gasteiger partial charge in [-0.2, -0.15) is 0 Å². The van der Waals surface area contributed by atoms with Crippen LogP contribution in [-0.2, 0) is 4.79 Å². The SMILES string of the molecule is COc1cccc(C=CC(=O)Nc2ccccc2OCCN(C)C)c1. The molecule has 0 saturated carbocycles. The third-order valence-corrected chi connectivity index (χ3v) is 3.46. The van der Waals surface area contributed by atoms with Gasteiger partial charge in [-0.3, -0.25) is 4.79 Å². The Bertz CT molecular complexity index is 726. The van der Waals surface area contributed by atoms with Gasteiger partial charge in [0, 0.05) is 12.6 Å². The second-order valence-electron chi connectivity index (χ2n) is 5.75. The summed E-state index contributed by atoms with van der Waals surface area (Å²) in [6.45, 7) is 1.36. The molecule has 0 aliphatic heterocycles. The van der Waals surface area contributed by atoms with Gasteiger partial charge in [-0.1, -0.05) is 24.3 Å². The van der Waals surface area contributed by atoms with Crippen LogP contribution in [0.25, 0.3) is 6.08 Å². The Morgan fingerprint density at radius 1 is 1.16 bits per heavy atom. The predicted molar refractivity (Wildman–Crippen MR) is 101 cm³/mol. The first-order valence-corrected chi connectivity index (χ1v) is 8.08. The van der Waals surface area contributed by atoms with E-state index in [1.165, 1.54) is 6.08 Å². The van der Waals surface area contributed by atoms with Gasteiger partial charge in [-0.15, -0.1) is 0 Å². The van der Waals surface area contributed by atoms with Gasteiger partial charge >= 0.3 is 0 Å². The zero-order chi connectivity index (χ0) is 18.1. The van der Waals surface area contributed by atoms with Gasteiger partial charge in [0.2, 0.25) is 5.91 Å². The van der Waals surface area contributed by atoms with E-state index in [0.29, 0.717) is 18.0 Å². The van der Waals surface area contributed by atoms with Crippen molar-refractivity contribution < 1.29 is 14.3 Å². The fourth-order valence-corrected chi connectivity index (χ4v) is 2.13. The monoisotopic (exact) mass is 340 g/mol. The van der Waals surface area contributed by atoms with Crippen molar-refractivity contribution in [3.63, 3.8) is 0 Å². The number of carbonyl (C=O) groups excluding carboxylic acids is 1. The quantitative estimate of drug-likeness (QED) is 0.749. The summed E-state index contributed by atoms with van der Waals surface area (Å²) in [4.78, 5) is 14.2. The van der Waals surface area contributed by atoms with E-state index in [0.717, 1.165) is 17.9 Å². The third-order valence-electron chi connectivity index (χ3n) is 3.46. The number of methoxy groups -OCH3 is 1. The summed E-state index contributed by atoms with van der Waals surface area (Å²) >= 11 is 0. The Balaban J connectivity index is 1.99. The topological polar surface area (TPSA) is 50.8 Å². The number of benzene rings is 2. The molecule has 0 radical (unpaired) electrons. The van der Waals surface area contributed by atoms with E-state index in [2.05, 4.69) is 5.32 Å². The Kier molecular flexibility index (Phi) is 7.04. The van der Waals surface area contributed by atoms with Gasteiger partial charge in [0.15, 0.2) is 0 Å². The van der Waals surface area contributed by atoms with E-state index in [4.69, 9.17) is 9.47 Å². The molecule has 0 spiro atoms. The van der Waals surface area contributed by atoms with Crippen LogP contribution in [0.3, 0.4) is 0 Å². The summed E-state index contributed by atoms with van der Waals surface area (Å²) in [5.74, 6) is 1.20. The average molecular weight is 340 g/mol. The van der Waals surface area contributed by atoms with Crippen LogP contribution in [0.2, 0.25) is 0 Å². The van der Waals surface area contributed by atoms with Crippen molar-refractivity contribution in [3.05, 3.63) is 60.2 Å². The second kappa shape index (κ2) is 9.49. The maximum Gasteiger partial charge on any atom is 0.248 e. The molecule has 0 heterocycles. The summed E-state index contributed by atoms with van der Waals surface area (Å²) in [5.41, 5.74) is 1.55. The largest absolute Gasteiger partial charge is 0.497 e. The van der Waals surface area contributed by atoms with E-state index in [-0.39, 0.29) is 5.91 Å². The lowest BCUT2D eigenvalue weighted by molar-refractivity contribution is -0.111. The minimum absolute atomic E-state index is 0.216. The summed E-state index contributed by atoms with van der Waals surface area (Å²) in [5, 5.41) is 2.85. The second-order valence-corrected chi connectivity index (χ2v) is 5.75. The summed E-state index contributed by atoms with van der Waals surface area (Å²) < 4.78 is 10.9. The van der Waals surface area contributed by atoms with Gasteiger partial charge in [-0.05, 0) is 50.0 Å². The molecule has 0 unspecified atom stereocenters. The first kappa shape index (κ1) is 18.5. The number of carbonyl (C=O) groups is 1. The number of likely N-dealkylation sites (N-methyl/N-ethyl adjacent to an activating group) is 1.